The lowest BCUT2D eigenvalue weighted by Crippen LogP contribution is -2.41. The van der Waals surface area contributed by atoms with Crippen molar-refractivity contribution in [3.8, 4) is 0 Å². The lowest BCUT2D eigenvalue weighted by Gasteiger charge is -2.31. The number of aromatic nitrogens is 1. The molecule has 0 fully saturated rings. The Kier molecular flexibility index (Phi) is 4.69. The van der Waals surface area contributed by atoms with Crippen molar-refractivity contribution in [3.05, 3.63) is 15.6 Å². The van der Waals surface area contributed by atoms with Crippen LogP contribution in [0, 0.1) is 13.8 Å². The van der Waals surface area contributed by atoms with Crippen LogP contribution in [-0.4, -0.2) is 33.2 Å². The molecule has 0 saturated heterocycles. The minimum absolute atomic E-state index is 0.420. The average Bonchev–Trinajstić information content (AvgIpc) is 2.41. The maximum atomic E-state index is 9.94. The normalized spacial score (nSPS) is 12.8. The van der Waals surface area contributed by atoms with Gasteiger partial charge in [-0.15, -0.1) is 11.3 Å². The van der Waals surface area contributed by atoms with E-state index in [0.717, 1.165) is 17.2 Å². The second-order valence-electron chi connectivity index (χ2n) is 5.55. The van der Waals surface area contributed by atoms with Crippen molar-refractivity contribution in [1.82, 2.24) is 9.88 Å². The Morgan fingerprint density at radius 1 is 1.35 bits per heavy atom. The molecule has 0 aliphatic heterocycles. The fourth-order valence-electron chi connectivity index (χ4n) is 1.82. The Balaban J connectivity index is 2.77. The fraction of sp³-hybridized carbons (Fsp3) is 0.769. The molecule has 0 aromatic carbocycles. The molecule has 0 radical (unpaired) electrons. The van der Waals surface area contributed by atoms with Crippen molar-refractivity contribution in [2.75, 3.05) is 6.54 Å². The highest BCUT2D eigenvalue weighted by molar-refractivity contribution is 7.11. The highest BCUT2D eigenvalue weighted by atomic mass is 32.1. The second-order valence-corrected chi connectivity index (χ2v) is 6.84. The third-order valence-corrected chi connectivity index (χ3v) is 3.72. The summed E-state index contributed by atoms with van der Waals surface area (Å²) in [7, 11) is 0. The zero-order valence-corrected chi connectivity index (χ0v) is 12.6. The van der Waals surface area contributed by atoms with Crippen LogP contribution in [0.4, 0.5) is 0 Å². The van der Waals surface area contributed by atoms with Gasteiger partial charge in [0.05, 0.1) is 16.3 Å². The number of hydrogen-bond acceptors (Lipinski definition) is 4. The first-order chi connectivity index (χ1) is 7.69. The van der Waals surface area contributed by atoms with Gasteiger partial charge in [-0.25, -0.2) is 4.98 Å². The molecule has 1 N–H and O–H groups in total. The van der Waals surface area contributed by atoms with E-state index in [0.29, 0.717) is 12.6 Å². The van der Waals surface area contributed by atoms with E-state index in [-0.39, 0.29) is 0 Å². The number of thiazole rings is 1. The summed E-state index contributed by atoms with van der Waals surface area (Å²) >= 11 is 1.75. The first-order valence-electron chi connectivity index (χ1n) is 6.08. The third kappa shape index (κ3) is 4.74. The predicted molar refractivity (Wildman–Crippen MR) is 73.4 cm³/mol. The van der Waals surface area contributed by atoms with E-state index in [2.05, 4.69) is 30.7 Å². The molecule has 0 aliphatic carbocycles. The van der Waals surface area contributed by atoms with Gasteiger partial charge in [0.2, 0.25) is 0 Å². The molecule has 0 saturated carbocycles. The summed E-state index contributed by atoms with van der Waals surface area (Å²) < 4.78 is 0. The Morgan fingerprint density at radius 2 is 1.94 bits per heavy atom. The zero-order valence-electron chi connectivity index (χ0n) is 11.7. The van der Waals surface area contributed by atoms with E-state index >= 15 is 0 Å². The Labute approximate surface area is 108 Å². The molecule has 1 rings (SSSR count). The van der Waals surface area contributed by atoms with Gasteiger partial charge in [-0.05, 0) is 41.5 Å². The van der Waals surface area contributed by atoms with Crippen LogP contribution in [0.15, 0.2) is 0 Å². The van der Waals surface area contributed by atoms with Gasteiger partial charge in [0.25, 0.3) is 0 Å². The molecule has 98 valence electrons. The molecule has 17 heavy (non-hydrogen) atoms. The smallest absolute Gasteiger partial charge is 0.0900 e. The first-order valence-corrected chi connectivity index (χ1v) is 6.90. The minimum Gasteiger partial charge on any atom is -0.389 e. The highest BCUT2D eigenvalue weighted by Crippen LogP contribution is 2.21. The van der Waals surface area contributed by atoms with E-state index in [1.807, 2.05) is 20.8 Å². The third-order valence-electron chi connectivity index (χ3n) is 2.67. The summed E-state index contributed by atoms with van der Waals surface area (Å²) in [5, 5.41) is 11.1. The summed E-state index contributed by atoms with van der Waals surface area (Å²) in [6.07, 6.45) is 0. The minimum atomic E-state index is -0.655. The molecular weight excluding hydrogens is 232 g/mol. The van der Waals surface area contributed by atoms with E-state index in [4.69, 9.17) is 0 Å². The van der Waals surface area contributed by atoms with Crippen LogP contribution in [0.1, 0.15) is 43.3 Å². The fourth-order valence-corrected chi connectivity index (χ4v) is 2.79. The summed E-state index contributed by atoms with van der Waals surface area (Å²) in [4.78, 5) is 8.05. The topological polar surface area (TPSA) is 36.4 Å². The number of nitrogens with zero attached hydrogens (tertiary/aromatic N) is 2. The SMILES string of the molecule is Cc1nc(C)c(CN(CC(C)(C)O)C(C)C)s1. The van der Waals surface area contributed by atoms with Gasteiger partial charge in [-0.2, -0.15) is 0 Å². The molecule has 4 heteroatoms. The van der Waals surface area contributed by atoms with Crippen LogP contribution >= 0.6 is 11.3 Å². The molecule has 0 atom stereocenters. The molecule has 0 bridgehead atoms. The van der Waals surface area contributed by atoms with E-state index < -0.39 is 5.60 Å². The summed E-state index contributed by atoms with van der Waals surface area (Å²) in [5.74, 6) is 0. The van der Waals surface area contributed by atoms with Crippen LogP contribution in [0.3, 0.4) is 0 Å². The van der Waals surface area contributed by atoms with Crippen molar-refractivity contribution >= 4 is 11.3 Å². The van der Waals surface area contributed by atoms with Crippen LogP contribution < -0.4 is 0 Å². The Morgan fingerprint density at radius 3 is 2.29 bits per heavy atom. The molecular formula is C13H24N2OS. The van der Waals surface area contributed by atoms with Crippen molar-refractivity contribution in [2.45, 2.75) is 59.7 Å². The number of rotatable bonds is 5. The molecule has 1 heterocycles. The van der Waals surface area contributed by atoms with Gasteiger partial charge in [0, 0.05) is 24.0 Å². The van der Waals surface area contributed by atoms with Gasteiger partial charge in [0.15, 0.2) is 0 Å². The van der Waals surface area contributed by atoms with Crippen molar-refractivity contribution in [2.24, 2.45) is 0 Å². The van der Waals surface area contributed by atoms with Gasteiger partial charge >= 0.3 is 0 Å². The molecule has 0 aliphatic rings. The van der Waals surface area contributed by atoms with Crippen molar-refractivity contribution in [1.29, 1.82) is 0 Å². The maximum Gasteiger partial charge on any atom is 0.0900 e. The lowest BCUT2D eigenvalue weighted by molar-refractivity contribution is 0.0228. The van der Waals surface area contributed by atoms with Gasteiger partial charge in [0.1, 0.15) is 0 Å². The second kappa shape index (κ2) is 5.46. The quantitative estimate of drug-likeness (QED) is 0.880. The van der Waals surface area contributed by atoms with Gasteiger partial charge in [-0.3, -0.25) is 4.90 Å². The van der Waals surface area contributed by atoms with Crippen molar-refractivity contribution in [3.63, 3.8) is 0 Å². The van der Waals surface area contributed by atoms with Crippen LogP contribution in [0.25, 0.3) is 0 Å². The zero-order chi connectivity index (χ0) is 13.2. The largest absolute Gasteiger partial charge is 0.389 e. The standard InChI is InChI=1S/C13H24N2OS/c1-9(2)15(8-13(5,6)16)7-12-10(3)14-11(4)17-12/h9,16H,7-8H2,1-6H3. The predicted octanol–water partition coefficient (Wildman–Crippen LogP) is 2.74. The van der Waals surface area contributed by atoms with Crippen LogP contribution in [-0.2, 0) is 6.54 Å². The molecule has 0 amide bonds. The maximum absolute atomic E-state index is 9.94. The Bertz CT molecular complexity index is 366. The monoisotopic (exact) mass is 256 g/mol. The molecule has 3 nitrogen and oxygen atoms in total. The molecule has 0 spiro atoms. The van der Waals surface area contributed by atoms with Crippen LogP contribution in [0.2, 0.25) is 0 Å². The van der Waals surface area contributed by atoms with Gasteiger partial charge < -0.3 is 5.11 Å². The van der Waals surface area contributed by atoms with E-state index in [1.165, 1.54) is 4.88 Å². The van der Waals surface area contributed by atoms with Crippen molar-refractivity contribution < 1.29 is 5.11 Å². The molecule has 1 aromatic rings. The number of aliphatic hydroxyl groups is 1. The number of aryl methyl sites for hydroxylation is 2. The summed E-state index contributed by atoms with van der Waals surface area (Å²) in [5.41, 5.74) is 0.464. The molecule has 1 aromatic heterocycles. The summed E-state index contributed by atoms with van der Waals surface area (Å²) in [6.45, 7) is 13.7. The highest BCUT2D eigenvalue weighted by Gasteiger charge is 2.21. The lowest BCUT2D eigenvalue weighted by atomic mass is 10.1. The average molecular weight is 256 g/mol. The summed E-state index contributed by atoms with van der Waals surface area (Å²) in [6, 6.07) is 0.420. The number of hydrogen-bond donors (Lipinski definition) is 1. The first kappa shape index (κ1) is 14.6. The van der Waals surface area contributed by atoms with Gasteiger partial charge in [-0.1, -0.05) is 0 Å². The van der Waals surface area contributed by atoms with Crippen LogP contribution in [0.5, 0.6) is 0 Å². The van der Waals surface area contributed by atoms with E-state index in [1.54, 1.807) is 11.3 Å². The van der Waals surface area contributed by atoms with E-state index in [9.17, 15) is 5.11 Å². The Hall–Kier alpha value is -0.450. The molecule has 0 unspecified atom stereocenters.